The number of hydrogen-bond acceptors (Lipinski definition) is 9. The Labute approximate surface area is 229 Å². The Morgan fingerprint density at radius 1 is 0.947 bits per heavy atom. The van der Waals surface area contributed by atoms with Gasteiger partial charge in [0.1, 0.15) is 6.10 Å². The maximum Gasteiger partial charge on any atom is 0.311 e. The predicted octanol–water partition coefficient (Wildman–Crippen LogP) is 2.71. The van der Waals surface area contributed by atoms with Gasteiger partial charge in [-0.25, -0.2) is 0 Å². The molecule has 0 amide bonds. The zero-order valence-corrected chi connectivity index (χ0v) is 25.3. The van der Waals surface area contributed by atoms with Crippen molar-refractivity contribution in [2.75, 3.05) is 14.1 Å². The topological polar surface area (TPSA) is 129 Å². The minimum atomic E-state index is -1.46. The second-order valence-corrected chi connectivity index (χ2v) is 13.1. The molecule has 0 bridgehead atoms. The van der Waals surface area contributed by atoms with E-state index in [1.54, 1.807) is 27.7 Å². The molecule has 0 aliphatic carbocycles. The molecule has 2 heterocycles. The highest BCUT2D eigenvalue weighted by Gasteiger charge is 2.48. The number of aliphatic hydroxyl groups excluding tert-OH is 2. The fourth-order valence-electron chi connectivity index (χ4n) is 6.61. The lowest BCUT2D eigenvalue weighted by Gasteiger charge is -2.46. The fraction of sp³-hybridized carbons (Fsp3) is 0.966. The van der Waals surface area contributed by atoms with Crippen LogP contribution in [0.3, 0.4) is 0 Å². The van der Waals surface area contributed by atoms with Crippen LogP contribution in [-0.2, 0) is 19.0 Å². The van der Waals surface area contributed by atoms with E-state index in [2.05, 4.69) is 4.90 Å². The number of esters is 1. The molecule has 1 unspecified atom stereocenters. The van der Waals surface area contributed by atoms with E-state index in [-0.39, 0.29) is 36.8 Å². The Balaban J connectivity index is 2.45. The highest BCUT2D eigenvalue weighted by atomic mass is 16.7. The molecule has 224 valence electrons. The summed E-state index contributed by atoms with van der Waals surface area (Å²) in [5, 5.41) is 45.6. The van der Waals surface area contributed by atoms with E-state index < -0.39 is 59.7 Å². The number of nitrogens with zero attached hydrogens (tertiary/aromatic N) is 1. The Hall–Kier alpha value is -0.810. The molecule has 2 saturated heterocycles. The van der Waals surface area contributed by atoms with Gasteiger partial charge in [0.25, 0.3) is 0 Å². The molecule has 0 saturated carbocycles. The van der Waals surface area contributed by atoms with Crippen LogP contribution in [0.1, 0.15) is 87.5 Å². The first-order valence-electron chi connectivity index (χ1n) is 14.4. The number of aliphatic hydroxyl groups is 4. The van der Waals surface area contributed by atoms with Gasteiger partial charge in [0.2, 0.25) is 0 Å². The Kier molecular flexibility index (Phi) is 11.6. The minimum absolute atomic E-state index is 0.0425. The van der Waals surface area contributed by atoms with Crippen LogP contribution < -0.4 is 0 Å². The molecule has 0 spiro atoms. The monoisotopic (exact) mass is 545 g/mol. The van der Waals surface area contributed by atoms with E-state index in [0.29, 0.717) is 12.8 Å². The van der Waals surface area contributed by atoms with Gasteiger partial charge >= 0.3 is 5.97 Å². The molecule has 4 N–H and O–H groups in total. The zero-order chi connectivity index (χ0) is 29.2. The van der Waals surface area contributed by atoms with Crippen molar-refractivity contribution in [2.45, 2.75) is 142 Å². The lowest BCUT2D eigenvalue weighted by atomic mass is 9.74. The van der Waals surface area contributed by atoms with Crippen molar-refractivity contribution < 1.29 is 39.4 Å². The van der Waals surface area contributed by atoms with E-state index in [1.807, 2.05) is 41.8 Å². The summed E-state index contributed by atoms with van der Waals surface area (Å²) in [6.07, 6.45) is -2.08. The molecule has 0 aromatic rings. The Morgan fingerprint density at radius 3 is 2.03 bits per heavy atom. The predicted molar refractivity (Wildman–Crippen MR) is 145 cm³/mol. The highest BCUT2D eigenvalue weighted by Crippen LogP contribution is 2.38. The first-order valence-corrected chi connectivity index (χ1v) is 14.4. The van der Waals surface area contributed by atoms with Crippen molar-refractivity contribution in [3.05, 3.63) is 0 Å². The van der Waals surface area contributed by atoms with Gasteiger partial charge < -0.3 is 39.5 Å². The largest absolute Gasteiger partial charge is 0.459 e. The zero-order valence-electron chi connectivity index (χ0n) is 25.3. The quantitative estimate of drug-likeness (QED) is 0.394. The van der Waals surface area contributed by atoms with Crippen LogP contribution in [0.4, 0.5) is 0 Å². The maximum atomic E-state index is 13.1. The number of carbonyl (C=O) groups excluding carboxylic acids is 1. The second-order valence-electron chi connectivity index (χ2n) is 13.1. The molecule has 2 fully saturated rings. The normalized spacial score (nSPS) is 48.4. The van der Waals surface area contributed by atoms with Crippen molar-refractivity contribution in [1.29, 1.82) is 0 Å². The average molecular weight is 546 g/mol. The molecule has 0 aromatic carbocycles. The third-order valence-corrected chi connectivity index (χ3v) is 8.95. The van der Waals surface area contributed by atoms with Crippen molar-refractivity contribution in [1.82, 2.24) is 4.90 Å². The van der Waals surface area contributed by atoms with Crippen LogP contribution >= 0.6 is 0 Å². The fourth-order valence-corrected chi connectivity index (χ4v) is 6.61. The number of ether oxygens (including phenoxy) is 3. The number of cyclic esters (lactones) is 1. The molecule has 9 nitrogen and oxygen atoms in total. The first-order chi connectivity index (χ1) is 17.4. The Morgan fingerprint density at radius 2 is 1.50 bits per heavy atom. The molecule has 0 aromatic heterocycles. The van der Waals surface area contributed by atoms with Gasteiger partial charge in [0.05, 0.1) is 41.5 Å². The number of carbonyl (C=O) groups is 1. The van der Waals surface area contributed by atoms with Crippen molar-refractivity contribution in [3.8, 4) is 0 Å². The van der Waals surface area contributed by atoms with E-state index in [9.17, 15) is 25.2 Å². The van der Waals surface area contributed by atoms with Crippen molar-refractivity contribution in [2.24, 2.45) is 23.7 Å². The van der Waals surface area contributed by atoms with Crippen molar-refractivity contribution in [3.63, 3.8) is 0 Å². The first kappa shape index (κ1) is 33.4. The van der Waals surface area contributed by atoms with Crippen LogP contribution in [0.15, 0.2) is 0 Å². The summed E-state index contributed by atoms with van der Waals surface area (Å²) in [6, 6.07) is 0.238. The summed E-state index contributed by atoms with van der Waals surface area (Å²) < 4.78 is 18.3. The summed E-state index contributed by atoms with van der Waals surface area (Å²) in [5.74, 6) is -2.87. The molecule has 2 aliphatic rings. The average Bonchev–Trinajstić information content (AvgIpc) is 2.81. The van der Waals surface area contributed by atoms with Gasteiger partial charge in [-0.1, -0.05) is 27.7 Å². The third kappa shape index (κ3) is 8.12. The van der Waals surface area contributed by atoms with Gasteiger partial charge in [-0.05, 0) is 79.3 Å². The number of hydrogen-bond donors (Lipinski definition) is 4. The lowest BCUT2D eigenvalue weighted by molar-refractivity contribution is -0.268. The molecule has 0 radical (unpaired) electrons. The van der Waals surface area contributed by atoms with Crippen LogP contribution in [0.2, 0.25) is 0 Å². The molecular formula is C29H55NO8. The van der Waals surface area contributed by atoms with E-state index in [4.69, 9.17) is 14.2 Å². The summed E-state index contributed by atoms with van der Waals surface area (Å²) in [5.41, 5.74) is -2.82. The van der Waals surface area contributed by atoms with Gasteiger partial charge in [0.15, 0.2) is 6.29 Å². The van der Waals surface area contributed by atoms with Crippen LogP contribution in [0.25, 0.3) is 0 Å². The summed E-state index contributed by atoms with van der Waals surface area (Å²) in [7, 11) is 4.03. The van der Waals surface area contributed by atoms with Crippen molar-refractivity contribution >= 4 is 5.97 Å². The second kappa shape index (κ2) is 13.2. The minimum Gasteiger partial charge on any atom is -0.459 e. The van der Waals surface area contributed by atoms with Crippen LogP contribution in [0.5, 0.6) is 0 Å². The molecule has 2 rings (SSSR count). The Bertz CT molecular complexity index is 759. The van der Waals surface area contributed by atoms with Gasteiger partial charge in [-0.15, -0.1) is 0 Å². The SMILES string of the molecule is CC[C@H]1OC(=O)[C@H](C)[C@@H](O)[C@H](C)[C@@H](O[C@H]2C[C@@H](N(C)C)C[C@@H](C)O2)C(C)(O)C[C@@H](C)[C@H](O)[C@H](C)C[C@]1(C)O. The van der Waals surface area contributed by atoms with Crippen LogP contribution in [-0.4, -0.2) is 99.4 Å². The summed E-state index contributed by atoms with van der Waals surface area (Å²) in [6.45, 7) is 14.2. The van der Waals surface area contributed by atoms with Gasteiger partial charge in [0, 0.05) is 18.4 Å². The van der Waals surface area contributed by atoms with Gasteiger partial charge in [-0.2, -0.15) is 0 Å². The van der Waals surface area contributed by atoms with E-state index in [1.165, 1.54) is 0 Å². The number of rotatable bonds is 4. The third-order valence-electron chi connectivity index (χ3n) is 8.95. The lowest BCUT2D eigenvalue weighted by Crippen LogP contribution is -2.55. The standard InChI is InChI=1S/C29H55NO8/c1-11-22-28(7,34)14-16(2)24(31)17(3)15-29(8,35)26(19(5)25(32)20(6)27(33)37-22)38-23-13-21(30(9)10)12-18(4)36-23/h16-26,31-32,34-35H,11-15H2,1-10H3/t16-,17-,18-,19+,20-,21+,22-,23+,24-,25+,26-,28+,29?/m1/s1. The van der Waals surface area contributed by atoms with Crippen LogP contribution in [0, 0.1) is 23.7 Å². The smallest absolute Gasteiger partial charge is 0.311 e. The molecule has 13 atom stereocenters. The summed E-state index contributed by atoms with van der Waals surface area (Å²) >= 11 is 0. The van der Waals surface area contributed by atoms with E-state index >= 15 is 0 Å². The molecule has 9 heteroatoms. The highest BCUT2D eigenvalue weighted by molar-refractivity contribution is 5.73. The summed E-state index contributed by atoms with van der Waals surface area (Å²) in [4.78, 5) is 15.3. The molecular weight excluding hydrogens is 490 g/mol. The molecule has 2 aliphatic heterocycles. The molecule has 38 heavy (non-hydrogen) atoms. The van der Waals surface area contributed by atoms with E-state index in [0.717, 1.165) is 6.42 Å². The maximum absolute atomic E-state index is 13.1. The van der Waals surface area contributed by atoms with Gasteiger partial charge in [-0.3, -0.25) is 4.79 Å².